The fourth-order valence-electron chi connectivity index (χ4n) is 3.85. The van der Waals surface area contributed by atoms with Crippen LogP contribution in [0.2, 0.25) is 0 Å². The van der Waals surface area contributed by atoms with Crippen molar-refractivity contribution in [3.8, 4) is 28.5 Å². The summed E-state index contributed by atoms with van der Waals surface area (Å²) >= 11 is 0. The maximum atomic E-state index is 12.8. The number of carbonyl (C=O) groups excluding carboxylic acids is 1. The lowest BCUT2D eigenvalue weighted by Gasteiger charge is -2.13. The third kappa shape index (κ3) is 5.23. The Balaban J connectivity index is 1.46. The highest BCUT2D eigenvalue weighted by atomic mass is 16.5. The predicted molar refractivity (Wildman–Crippen MR) is 122 cm³/mol. The fraction of sp³-hybridized carbons (Fsp3) is 0.308. The molecule has 0 spiro atoms. The third-order valence-corrected chi connectivity index (χ3v) is 5.47. The van der Waals surface area contributed by atoms with Crippen LogP contribution in [0, 0.1) is 0 Å². The summed E-state index contributed by atoms with van der Waals surface area (Å²) in [4.78, 5) is 17.3. The van der Waals surface area contributed by atoms with E-state index in [2.05, 4.69) is 16.4 Å². The molecule has 2 aromatic carbocycles. The largest absolute Gasteiger partial charge is 0.494 e. The molecule has 31 heavy (non-hydrogen) atoms. The number of rotatable bonds is 8. The van der Waals surface area contributed by atoms with Gasteiger partial charge in [-0.15, -0.1) is 0 Å². The van der Waals surface area contributed by atoms with Gasteiger partial charge in [0.05, 0.1) is 18.4 Å². The topological polar surface area (TPSA) is 64.4 Å². The first-order valence-corrected chi connectivity index (χ1v) is 11.0. The van der Waals surface area contributed by atoms with Crippen molar-refractivity contribution in [1.29, 1.82) is 0 Å². The number of allylic oxidation sites excluding steroid dienone is 1. The Morgan fingerprint density at radius 2 is 1.97 bits per heavy atom. The van der Waals surface area contributed by atoms with Crippen LogP contribution in [-0.2, 0) is 0 Å². The lowest BCUT2D eigenvalue weighted by molar-refractivity contribution is 0.0954. The Morgan fingerprint density at radius 1 is 1.13 bits per heavy atom. The van der Waals surface area contributed by atoms with Gasteiger partial charge in [0.15, 0.2) is 5.76 Å². The number of aromatic nitrogens is 1. The van der Waals surface area contributed by atoms with Crippen molar-refractivity contribution >= 4 is 5.91 Å². The molecular formula is C26H28N2O3. The number of nitrogens with one attached hydrogen (secondary N) is 1. The molecule has 5 nitrogen and oxygen atoms in total. The molecule has 0 aliphatic heterocycles. The van der Waals surface area contributed by atoms with Gasteiger partial charge >= 0.3 is 0 Å². The molecule has 0 unspecified atom stereocenters. The molecule has 1 aliphatic rings. The minimum Gasteiger partial charge on any atom is -0.494 e. The second kappa shape index (κ2) is 10.1. The van der Waals surface area contributed by atoms with Crippen LogP contribution in [0.5, 0.6) is 5.75 Å². The Kier molecular flexibility index (Phi) is 6.82. The molecule has 3 aromatic rings. The van der Waals surface area contributed by atoms with Crippen molar-refractivity contribution in [1.82, 2.24) is 10.3 Å². The molecule has 1 aromatic heterocycles. The smallest absolute Gasteiger partial charge is 0.252 e. The van der Waals surface area contributed by atoms with E-state index in [1.54, 1.807) is 6.20 Å². The lowest BCUT2D eigenvalue weighted by atomic mass is 9.97. The van der Waals surface area contributed by atoms with Gasteiger partial charge in [0, 0.05) is 17.7 Å². The van der Waals surface area contributed by atoms with Crippen molar-refractivity contribution in [3.05, 3.63) is 71.9 Å². The zero-order valence-corrected chi connectivity index (χ0v) is 17.9. The summed E-state index contributed by atoms with van der Waals surface area (Å²) in [6, 6.07) is 15.1. The summed E-state index contributed by atoms with van der Waals surface area (Å²) in [5.41, 5.74) is 3.62. The van der Waals surface area contributed by atoms with Gasteiger partial charge in [-0.2, -0.15) is 0 Å². The number of nitrogens with zero attached hydrogens (tertiary/aromatic N) is 1. The second-order valence-electron chi connectivity index (χ2n) is 7.65. The Bertz CT molecular complexity index is 1050. The van der Waals surface area contributed by atoms with E-state index in [9.17, 15) is 4.79 Å². The van der Waals surface area contributed by atoms with E-state index >= 15 is 0 Å². The Labute approximate surface area is 183 Å². The summed E-state index contributed by atoms with van der Waals surface area (Å²) in [5, 5.41) is 3.05. The Hall–Kier alpha value is -3.34. The van der Waals surface area contributed by atoms with Gasteiger partial charge < -0.3 is 14.5 Å². The van der Waals surface area contributed by atoms with E-state index in [1.807, 2.05) is 55.5 Å². The molecule has 0 radical (unpaired) electrons. The molecule has 1 heterocycles. The first-order valence-electron chi connectivity index (χ1n) is 11.0. The molecule has 0 saturated carbocycles. The number of oxazole rings is 1. The lowest BCUT2D eigenvalue weighted by Crippen LogP contribution is -2.25. The molecule has 0 bridgehead atoms. The molecule has 1 amide bonds. The van der Waals surface area contributed by atoms with Gasteiger partial charge in [-0.25, -0.2) is 4.98 Å². The van der Waals surface area contributed by atoms with E-state index in [1.165, 1.54) is 18.4 Å². The van der Waals surface area contributed by atoms with Gasteiger partial charge in [-0.1, -0.05) is 23.8 Å². The van der Waals surface area contributed by atoms with E-state index in [4.69, 9.17) is 9.15 Å². The summed E-state index contributed by atoms with van der Waals surface area (Å²) < 4.78 is 11.5. The number of ether oxygens (including phenoxy) is 1. The molecule has 160 valence electrons. The normalized spacial score (nSPS) is 13.5. The monoisotopic (exact) mass is 416 g/mol. The van der Waals surface area contributed by atoms with Crippen molar-refractivity contribution in [3.63, 3.8) is 0 Å². The van der Waals surface area contributed by atoms with Crippen molar-refractivity contribution in [2.45, 2.75) is 39.0 Å². The van der Waals surface area contributed by atoms with Crippen LogP contribution in [0.3, 0.4) is 0 Å². The number of amides is 1. The average Bonchev–Trinajstić information content (AvgIpc) is 3.31. The highest BCUT2D eigenvalue weighted by Crippen LogP contribution is 2.29. The predicted octanol–water partition coefficient (Wildman–Crippen LogP) is 6.03. The molecule has 0 atom stereocenters. The van der Waals surface area contributed by atoms with Crippen LogP contribution >= 0.6 is 0 Å². The third-order valence-electron chi connectivity index (χ3n) is 5.47. The van der Waals surface area contributed by atoms with Gasteiger partial charge in [-0.3, -0.25) is 4.79 Å². The molecule has 1 N–H and O–H groups in total. The van der Waals surface area contributed by atoms with E-state index in [0.717, 1.165) is 30.6 Å². The minimum absolute atomic E-state index is 0.104. The molecule has 0 fully saturated rings. The SMILES string of the molecule is CCOc1ccc(-c2cnc(-c3ccccc3C(=O)NCCC3=CCCCC3)o2)cc1. The quantitative estimate of drug-likeness (QED) is 0.456. The van der Waals surface area contributed by atoms with Crippen molar-refractivity contribution in [2.24, 2.45) is 0 Å². The van der Waals surface area contributed by atoms with Crippen LogP contribution in [0.1, 0.15) is 49.4 Å². The van der Waals surface area contributed by atoms with Crippen LogP contribution in [0.15, 0.2) is 70.8 Å². The number of carbonyl (C=O) groups is 1. The van der Waals surface area contributed by atoms with Crippen molar-refractivity contribution < 1.29 is 13.9 Å². The zero-order chi connectivity index (χ0) is 21.5. The van der Waals surface area contributed by atoms with E-state index in [0.29, 0.717) is 35.9 Å². The second-order valence-corrected chi connectivity index (χ2v) is 7.65. The standard InChI is InChI=1S/C26H28N2O3/c1-2-30-21-14-12-20(13-15-21)24-18-28-26(31-24)23-11-7-6-10-22(23)25(29)27-17-16-19-8-4-3-5-9-19/h6-8,10-15,18H,2-5,9,16-17H2,1H3,(H,27,29). The first-order chi connectivity index (χ1) is 15.2. The highest BCUT2D eigenvalue weighted by molar-refractivity contribution is 6.00. The minimum atomic E-state index is -0.104. The zero-order valence-electron chi connectivity index (χ0n) is 17.9. The molecule has 4 rings (SSSR count). The average molecular weight is 417 g/mol. The molecule has 5 heteroatoms. The first kappa shape index (κ1) is 20.9. The summed E-state index contributed by atoms with van der Waals surface area (Å²) in [7, 11) is 0. The van der Waals surface area contributed by atoms with Crippen LogP contribution in [-0.4, -0.2) is 24.0 Å². The molecule has 1 aliphatic carbocycles. The van der Waals surface area contributed by atoms with Gasteiger partial charge in [0.1, 0.15) is 5.75 Å². The highest BCUT2D eigenvalue weighted by Gasteiger charge is 2.17. The van der Waals surface area contributed by atoms with E-state index < -0.39 is 0 Å². The number of benzene rings is 2. The van der Waals surface area contributed by atoms with Gasteiger partial charge in [0.25, 0.3) is 5.91 Å². The van der Waals surface area contributed by atoms with Crippen LogP contribution in [0.25, 0.3) is 22.8 Å². The Morgan fingerprint density at radius 3 is 2.74 bits per heavy atom. The number of hydrogen-bond donors (Lipinski definition) is 1. The number of hydrogen-bond acceptors (Lipinski definition) is 4. The maximum Gasteiger partial charge on any atom is 0.252 e. The van der Waals surface area contributed by atoms with Crippen LogP contribution < -0.4 is 10.1 Å². The summed E-state index contributed by atoms with van der Waals surface area (Å²) in [5.74, 6) is 1.80. The van der Waals surface area contributed by atoms with Crippen molar-refractivity contribution in [2.75, 3.05) is 13.2 Å². The molecular weight excluding hydrogens is 388 g/mol. The maximum absolute atomic E-state index is 12.8. The fourth-order valence-corrected chi connectivity index (χ4v) is 3.85. The molecule has 0 saturated heterocycles. The summed E-state index contributed by atoms with van der Waals surface area (Å²) in [6.45, 7) is 3.22. The van der Waals surface area contributed by atoms with E-state index in [-0.39, 0.29) is 5.91 Å². The van der Waals surface area contributed by atoms with Gasteiger partial charge in [-0.05, 0) is 75.4 Å². The summed E-state index contributed by atoms with van der Waals surface area (Å²) in [6.07, 6.45) is 9.76. The van der Waals surface area contributed by atoms with Crippen LogP contribution in [0.4, 0.5) is 0 Å². The van der Waals surface area contributed by atoms with Gasteiger partial charge in [0.2, 0.25) is 5.89 Å².